The van der Waals surface area contributed by atoms with E-state index in [-0.39, 0.29) is 11.4 Å². The van der Waals surface area contributed by atoms with Crippen LogP contribution in [-0.4, -0.2) is 28.7 Å². The van der Waals surface area contributed by atoms with Gasteiger partial charge in [-0.2, -0.15) is 0 Å². The smallest absolute Gasteiger partial charge is 0.222 e. The van der Waals surface area contributed by atoms with Crippen LogP contribution in [0.4, 0.5) is 0 Å². The molecule has 0 aliphatic rings. The van der Waals surface area contributed by atoms with E-state index in [1.807, 2.05) is 11.9 Å². The highest BCUT2D eigenvalue weighted by Gasteiger charge is 2.25. The second-order valence-corrected chi connectivity index (χ2v) is 6.42. The van der Waals surface area contributed by atoms with Gasteiger partial charge in [-0.3, -0.25) is 4.79 Å². The van der Waals surface area contributed by atoms with E-state index in [0.717, 1.165) is 18.2 Å². The van der Waals surface area contributed by atoms with E-state index < -0.39 is 0 Å². The van der Waals surface area contributed by atoms with Crippen molar-refractivity contribution in [2.24, 2.45) is 0 Å². The lowest BCUT2D eigenvalue weighted by Crippen LogP contribution is -2.46. The molecule has 0 aromatic carbocycles. The Morgan fingerprint density at radius 1 is 1.53 bits per heavy atom. The summed E-state index contributed by atoms with van der Waals surface area (Å²) in [6.07, 6.45) is 2.57. The number of nitrogens with zero attached hydrogens (tertiary/aromatic N) is 1. The standard InChI is InChI=1S/C13H20BrNOS/c1-13(2,10-14)15(3)12(16)8-4-6-11-7-5-9-17-11/h5,7,9H,4,6,8,10H2,1-3H3. The average Bonchev–Trinajstić information content (AvgIpc) is 2.80. The maximum Gasteiger partial charge on any atom is 0.222 e. The Balaban J connectivity index is 2.34. The molecule has 0 N–H and O–H groups in total. The lowest BCUT2D eigenvalue weighted by atomic mass is 10.1. The molecule has 0 fully saturated rings. The van der Waals surface area contributed by atoms with Crippen LogP contribution in [0.3, 0.4) is 0 Å². The van der Waals surface area contributed by atoms with Crippen LogP contribution in [0, 0.1) is 0 Å². The van der Waals surface area contributed by atoms with Crippen LogP contribution in [0.5, 0.6) is 0 Å². The largest absolute Gasteiger partial charge is 0.340 e. The van der Waals surface area contributed by atoms with Crippen molar-refractivity contribution >= 4 is 33.2 Å². The number of amides is 1. The molecule has 1 aromatic heterocycles. The Labute approximate surface area is 116 Å². The molecule has 2 nitrogen and oxygen atoms in total. The number of halogens is 1. The van der Waals surface area contributed by atoms with Crippen molar-refractivity contribution in [1.29, 1.82) is 0 Å². The number of aryl methyl sites for hydroxylation is 1. The first-order valence-electron chi connectivity index (χ1n) is 5.82. The summed E-state index contributed by atoms with van der Waals surface area (Å²) in [5.41, 5.74) is -0.111. The molecule has 0 spiro atoms. The van der Waals surface area contributed by atoms with Gasteiger partial charge in [-0.05, 0) is 38.1 Å². The van der Waals surface area contributed by atoms with Crippen LogP contribution in [0.2, 0.25) is 0 Å². The zero-order chi connectivity index (χ0) is 12.9. The molecule has 1 rings (SSSR count). The first-order chi connectivity index (χ1) is 7.97. The molecule has 1 amide bonds. The van der Waals surface area contributed by atoms with Crippen molar-refractivity contribution in [3.8, 4) is 0 Å². The number of alkyl halides is 1. The van der Waals surface area contributed by atoms with Gasteiger partial charge in [0, 0.05) is 29.2 Å². The summed E-state index contributed by atoms with van der Waals surface area (Å²) in [6, 6.07) is 4.18. The number of hydrogen-bond donors (Lipinski definition) is 0. The van der Waals surface area contributed by atoms with E-state index in [1.54, 1.807) is 11.3 Å². The van der Waals surface area contributed by atoms with Crippen molar-refractivity contribution in [3.05, 3.63) is 22.4 Å². The molecule has 1 heterocycles. The molecule has 1 aromatic rings. The van der Waals surface area contributed by atoms with Gasteiger partial charge >= 0.3 is 0 Å². The third-order valence-corrected chi connectivity index (χ3v) is 5.31. The first-order valence-corrected chi connectivity index (χ1v) is 7.82. The van der Waals surface area contributed by atoms with Crippen LogP contribution in [0.25, 0.3) is 0 Å². The van der Waals surface area contributed by atoms with Gasteiger partial charge < -0.3 is 4.90 Å². The molecular formula is C13H20BrNOS. The minimum absolute atomic E-state index is 0.111. The molecule has 0 saturated carbocycles. The molecule has 96 valence electrons. The Kier molecular flexibility index (Phi) is 5.67. The summed E-state index contributed by atoms with van der Waals surface area (Å²) < 4.78 is 0. The normalized spacial score (nSPS) is 11.5. The fourth-order valence-electron chi connectivity index (χ4n) is 1.46. The lowest BCUT2D eigenvalue weighted by molar-refractivity contribution is -0.133. The summed E-state index contributed by atoms with van der Waals surface area (Å²) in [5.74, 6) is 0.228. The van der Waals surface area contributed by atoms with Crippen molar-refractivity contribution < 1.29 is 4.79 Å². The van der Waals surface area contributed by atoms with E-state index in [0.29, 0.717) is 6.42 Å². The van der Waals surface area contributed by atoms with E-state index in [1.165, 1.54) is 4.88 Å². The Morgan fingerprint density at radius 2 is 2.24 bits per heavy atom. The van der Waals surface area contributed by atoms with Gasteiger partial charge in [-0.15, -0.1) is 11.3 Å². The molecule has 0 bridgehead atoms. The lowest BCUT2D eigenvalue weighted by Gasteiger charge is -2.34. The van der Waals surface area contributed by atoms with Gasteiger partial charge in [-0.25, -0.2) is 0 Å². The van der Waals surface area contributed by atoms with Gasteiger partial charge in [0.1, 0.15) is 0 Å². The highest BCUT2D eigenvalue weighted by Crippen LogP contribution is 2.18. The van der Waals surface area contributed by atoms with Gasteiger partial charge in [0.05, 0.1) is 0 Å². The van der Waals surface area contributed by atoms with Gasteiger partial charge in [-0.1, -0.05) is 22.0 Å². The van der Waals surface area contributed by atoms with Crippen molar-refractivity contribution in [3.63, 3.8) is 0 Å². The summed E-state index contributed by atoms with van der Waals surface area (Å²) in [6.45, 7) is 4.14. The Hall–Kier alpha value is -0.350. The fraction of sp³-hybridized carbons (Fsp3) is 0.615. The molecular weight excluding hydrogens is 298 g/mol. The molecule has 0 saturated heterocycles. The van der Waals surface area contributed by atoms with E-state index in [4.69, 9.17) is 0 Å². The van der Waals surface area contributed by atoms with Gasteiger partial charge in [0.2, 0.25) is 5.91 Å². The minimum Gasteiger partial charge on any atom is -0.340 e. The van der Waals surface area contributed by atoms with Gasteiger partial charge in [0.25, 0.3) is 0 Å². The molecule has 17 heavy (non-hydrogen) atoms. The van der Waals surface area contributed by atoms with Gasteiger partial charge in [0.15, 0.2) is 0 Å². The fourth-order valence-corrected chi connectivity index (χ4v) is 2.59. The van der Waals surface area contributed by atoms with Crippen molar-refractivity contribution in [2.45, 2.75) is 38.6 Å². The zero-order valence-corrected chi connectivity index (χ0v) is 13.1. The van der Waals surface area contributed by atoms with Crippen LogP contribution < -0.4 is 0 Å². The predicted octanol–water partition coefficient (Wildman–Crippen LogP) is 3.70. The van der Waals surface area contributed by atoms with E-state index in [2.05, 4.69) is 47.3 Å². The van der Waals surface area contributed by atoms with Crippen LogP contribution in [0.15, 0.2) is 17.5 Å². The van der Waals surface area contributed by atoms with Crippen molar-refractivity contribution in [2.75, 3.05) is 12.4 Å². The summed E-state index contributed by atoms with van der Waals surface area (Å²) in [7, 11) is 1.88. The number of carbonyl (C=O) groups is 1. The Bertz CT molecular complexity index is 348. The quantitative estimate of drug-likeness (QED) is 0.732. The molecule has 0 aliphatic heterocycles. The molecule has 0 aliphatic carbocycles. The van der Waals surface area contributed by atoms with Crippen LogP contribution in [-0.2, 0) is 11.2 Å². The van der Waals surface area contributed by atoms with Crippen LogP contribution >= 0.6 is 27.3 Å². The third-order valence-electron chi connectivity index (χ3n) is 3.00. The second-order valence-electron chi connectivity index (χ2n) is 4.83. The molecule has 0 atom stereocenters. The van der Waals surface area contributed by atoms with E-state index >= 15 is 0 Å². The number of rotatable bonds is 6. The summed E-state index contributed by atoms with van der Waals surface area (Å²) >= 11 is 5.21. The van der Waals surface area contributed by atoms with E-state index in [9.17, 15) is 4.79 Å². The molecule has 0 radical (unpaired) electrons. The maximum absolute atomic E-state index is 12.0. The highest BCUT2D eigenvalue weighted by atomic mass is 79.9. The Morgan fingerprint density at radius 3 is 2.76 bits per heavy atom. The highest BCUT2D eigenvalue weighted by molar-refractivity contribution is 9.09. The summed E-state index contributed by atoms with van der Waals surface area (Å²) in [5, 5.41) is 2.88. The molecule has 0 unspecified atom stereocenters. The monoisotopic (exact) mass is 317 g/mol. The number of hydrogen-bond acceptors (Lipinski definition) is 2. The SMILES string of the molecule is CN(C(=O)CCCc1cccs1)C(C)(C)CBr. The second kappa shape index (κ2) is 6.55. The average molecular weight is 318 g/mol. The third kappa shape index (κ3) is 4.43. The minimum atomic E-state index is -0.111. The molecule has 4 heteroatoms. The van der Waals surface area contributed by atoms with Crippen molar-refractivity contribution in [1.82, 2.24) is 4.90 Å². The van der Waals surface area contributed by atoms with Crippen LogP contribution in [0.1, 0.15) is 31.6 Å². The number of carbonyl (C=O) groups excluding carboxylic acids is 1. The maximum atomic E-state index is 12.0. The summed E-state index contributed by atoms with van der Waals surface area (Å²) in [4.78, 5) is 15.2. The topological polar surface area (TPSA) is 20.3 Å². The first kappa shape index (κ1) is 14.7. The zero-order valence-electron chi connectivity index (χ0n) is 10.7. The predicted molar refractivity (Wildman–Crippen MR) is 77.9 cm³/mol. The number of thiophene rings is 1.